The van der Waals surface area contributed by atoms with Gasteiger partial charge in [0.2, 0.25) is 0 Å². The largest absolute Gasteiger partial charge is 0.309 e. The van der Waals surface area contributed by atoms with Crippen LogP contribution in [0.25, 0.3) is 56.4 Å². The van der Waals surface area contributed by atoms with Gasteiger partial charge in [-0.15, -0.1) is 0 Å². The van der Waals surface area contributed by atoms with Gasteiger partial charge in [-0.25, -0.2) is 0 Å². The predicted molar refractivity (Wildman–Crippen MR) is 167 cm³/mol. The molecule has 2 nitrogen and oxygen atoms in total. The quantitative estimate of drug-likeness (QED) is 0.210. The van der Waals surface area contributed by atoms with Gasteiger partial charge < -0.3 is 9.13 Å². The van der Waals surface area contributed by atoms with E-state index >= 15 is 0 Å². The Hall–Kier alpha value is -5.34. The minimum absolute atomic E-state index is 1.12. The van der Waals surface area contributed by atoms with Crippen molar-refractivity contribution in [3.8, 4) is 56.4 Å². The molecule has 0 radical (unpaired) electrons. The van der Waals surface area contributed by atoms with Gasteiger partial charge in [-0.2, -0.15) is 0 Å². The van der Waals surface area contributed by atoms with Crippen LogP contribution >= 0.6 is 0 Å². The second kappa shape index (κ2) is 10.4. The maximum atomic E-state index is 2.38. The number of rotatable bonds is 6. The van der Waals surface area contributed by atoms with Crippen molar-refractivity contribution in [2.24, 2.45) is 0 Å². The molecule has 0 unspecified atom stereocenters. The Morgan fingerprint density at radius 2 is 0.525 bits per heavy atom. The van der Waals surface area contributed by atoms with Crippen LogP contribution in [0.5, 0.6) is 0 Å². The summed E-state index contributed by atoms with van der Waals surface area (Å²) in [6, 6.07) is 60.3. The van der Waals surface area contributed by atoms with Gasteiger partial charge in [0.1, 0.15) is 0 Å². The number of nitrogens with zero attached hydrogens (tertiary/aromatic N) is 2. The highest BCUT2D eigenvalue weighted by atomic mass is 15.0. The first-order valence-electron chi connectivity index (χ1n) is 13.6. The van der Waals surface area contributed by atoms with Gasteiger partial charge in [-0.05, 0) is 64.7 Å². The summed E-state index contributed by atoms with van der Waals surface area (Å²) in [6.45, 7) is 0. The number of hydrogen-bond donors (Lipinski definition) is 0. The molecule has 0 saturated heterocycles. The van der Waals surface area contributed by atoms with Crippen molar-refractivity contribution in [1.29, 1.82) is 0 Å². The van der Waals surface area contributed by atoms with Gasteiger partial charge in [-0.3, -0.25) is 0 Å². The van der Waals surface area contributed by atoms with E-state index in [1.807, 2.05) is 0 Å². The highest BCUT2D eigenvalue weighted by Crippen LogP contribution is 2.36. The second-order valence-electron chi connectivity index (χ2n) is 9.86. The van der Waals surface area contributed by atoms with Crippen LogP contribution in [0.3, 0.4) is 0 Å². The summed E-state index contributed by atoms with van der Waals surface area (Å²) in [5.41, 5.74) is 11.6. The molecule has 0 spiro atoms. The molecule has 0 fully saturated rings. The van der Waals surface area contributed by atoms with Crippen LogP contribution in [0.15, 0.2) is 170 Å². The summed E-state index contributed by atoms with van der Waals surface area (Å²) in [5, 5.41) is 0. The minimum atomic E-state index is 1.12. The molecule has 40 heavy (non-hydrogen) atoms. The fraction of sp³-hybridized carbons (Fsp3) is 0. The number of aromatic nitrogens is 2. The Bertz CT molecular complexity index is 1610. The lowest BCUT2D eigenvalue weighted by atomic mass is 10.1. The molecule has 0 aliphatic heterocycles. The maximum Gasteiger partial charge on any atom is 0.0535 e. The summed E-state index contributed by atoms with van der Waals surface area (Å²) in [4.78, 5) is 0. The fourth-order valence-corrected chi connectivity index (χ4v) is 5.54. The molecule has 5 aromatic carbocycles. The Kier molecular flexibility index (Phi) is 6.20. The lowest BCUT2D eigenvalue weighted by Crippen LogP contribution is -2.03. The number of benzene rings is 5. The first-order valence-corrected chi connectivity index (χ1v) is 13.6. The molecule has 0 amide bonds. The van der Waals surface area contributed by atoms with E-state index in [0.29, 0.717) is 0 Å². The van der Waals surface area contributed by atoms with Crippen LogP contribution in [-0.4, -0.2) is 9.13 Å². The average molecular weight is 513 g/mol. The Labute approximate surface area is 235 Å². The summed E-state index contributed by atoms with van der Waals surface area (Å²) in [6.07, 6.45) is 0. The summed E-state index contributed by atoms with van der Waals surface area (Å²) < 4.78 is 4.75. The zero-order valence-corrected chi connectivity index (χ0v) is 22.1. The van der Waals surface area contributed by atoms with Gasteiger partial charge in [0.25, 0.3) is 0 Å². The molecule has 0 aliphatic rings. The normalized spacial score (nSPS) is 11.0. The molecule has 0 saturated carbocycles. The molecular formula is C38H28N2. The summed E-state index contributed by atoms with van der Waals surface area (Å²) in [5.74, 6) is 0. The Morgan fingerprint density at radius 1 is 0.250 bits per heavy atom. The van der Waals surface area contributed by atoms with Gasteiger partial charge in [-0.1, -0.05) is 127 Å². The summed E-state index contributed by atoms with van der Waals surface area (Å²) in [7, 11) is 0. The zero-order chi connectivity index (χ0) is 26.7. The minimum Gasteiger partial charge on any atom is -0.309 e. The third kappa shape index (κ3) is 4.36. The molecule has 2 heteroatoms. The van der Waals surface area contributed by atoms with E-state index in [-0.39, 0.29) is 0 Å². The van der Waals surface area contributed by atoms with E-state index in [2.05, 4.69) is 179 Å². The predicted octanol–water partition coefficient (Wildman–Crippen LogP) is 9.94. The molecule has 0 bridgehead atoms. The molecule has 190 valence electrons. The van der Waals surface area contributed by atoms with Crippen molar-refractivity contribution in [2.45, 2.75) is 0 Å². The Morgan fingerprint density at radius 3 is 0.800 bits per heavy atom. The van der Waals surface area contributed by atoms with E-state index < -0.39 is 0 Å². The van der Waals surface area contributed by atoms with Gasteiger partial charge in [0.05, 0.1) is 22.8 Å². The standard InChI is InChI=1S/C38H28N2/c1-5-14-29(15-6-1)35-24-25-36(30-16-7-2-8-17-30)39(35)33-22-13-23-34(28-33)40-37(31-18-9-3-10-19-31)26-27-38(40)32-20-11-4-12-21-32/h1-28H. The molecule has 0 N–H and O–H groups in total. The second-order valence-corrected chi connectivity index (χ2v) is 9.86. The average Bonchev–Trinajstić information content (AvgIpc) is 3.69. The lowest BCUT2D eigenvalue weighted by molar-refractivity contribution is 1.06. The first kappa shape index (κ1) is 23.8. The highest BCUT2D eigenvalue weighted by Gasteiger charge is 2.17. The van der Waals surface area contributed by atoms with Crippen LogP contribution in [0.2, 0.25) is 0 Å². The third-order valence-electron chi connectivity index (χ3n) is 7.39. The van der Waals surface area contributed by atoms with Gasteiger partial charge in [0.15, 0.2) is 0 Å². The highest BCUT2D eigenvalue weighted by molar-refractivity contribution is 5.76. The molecule has 7 rings (SSSR count). The van der Waals surface area contributed by atoms with Crippen LogP contribution in [-0.2, 0) is 0 Å². The SMILES string of the molecule is c1ccc(-c2ccc(-c3ccccc3)n2-c2cccc(-n3c(-c4ccccc4)ccc3-c3ccccc3)c2)cc1. The van der Waals surface area contributed by atoms with E-state index in [1.165, 1.54) is 22.3 Å². The van der Waals surface area contributed by atoms with Gasteiger partial charge in [0, 0.05) is 11.4 Å². The topological polar surface area (TPSA) is 9.86 Å². The van der Waals surface area contributed by atoms with Crippen LogP contribution in [0.4, 0.5) is 0 Å². The molecule has 2 heterocycles. The molecule has 0 aliphatic carbocycles. The first-order chi connectivity index (χ1) is 19.9. The Balaban J connectivity index is 1.46. The lowest BCUT2D eigenvalue weighted by Gasteiger charge is -2.18. The van der Waals surface area contributed by atoms with Crippen LogP contribution < -0.4 is 0 Å². The molecular weight excluding hydrogens is 484 g/mol. The zero-order valence-electron chi connectivity index (χ0n) is 22.1. The summed E-state index contributed by atoms with van der Waals surface area (Å²) >= 11 is 0. The molecule has 2 aromatic heterocycles. The van der Waals surface area contributed by atoms with Crippen molar-refractivity contribution < 1.29 is 0 Å². The van der Waals surface area contributed by atoms with E-state index in [1.54, 1.807) is 0 Å². The van der Waals surface area contributed by atoms with E-state index in [4.69, 9.17) is 0 Å². The monoisotopic (exact) mass is 512 g/mol. The maximum absolute atomic E-state index is 2.38. The molecule has 0 atom stereocenters. The van der Waals surface area contributed by atoms with Crippen molar-refractivity contribution in [3.63, 3.8) is 0 Å². The van der Waals surface area contributed by atoms with E-state index in [9.17, 15) is 0 Å². The van der Waals surface area contributed by atoms with Crippen molar-refractivity contribution in [2.75, 3.05) is 0 Å². The van der Waals surface area contributed by atoms with E-state index in [0.717, 1.165) is 34.2 Å². The van der Waals surface area contributed by atoms with Crippen molar-refractivity contribution >= 4 is 0 Å². The number of hydrogen-bond acceptors (Lipinski definition) is 0. The third-order valence-corrected chi connectivity index (χ3v) is 7.39. The fourth-order valence-electron chi connectivity index (χ4n) is 5.54. The van der Waals surface area contributed by atoms with Gasteiger partial charge >= 0.3 is 0 Å². The van der Waals surface area contributed by atoms with Crippen molar-refractivity contribution in [1.82, 2.24) is 9.13 Å². The van der Waals surface area contributed by atoms with Crippen molar-refractivity contribution in [3.05, 3.63) is 170 Å². The molecule has 7 aromatic rings. The van der Waals surface area contributed by atoms with Crippen LogP contribution in [0, 0.1) is 0 Å². The smallest absolute Gasteiger partial charge is 0.0535 e. The van der Waals surface area contributed by atoms with Crippen LogP contribution in [0.1, 0.15) is 0 Å².